The second-order valence-corrected chi connectivity index (χ2v) is 10.2. The third-order valence-electron chi connectivity index (χ3n) is 6.24. The molecule has 1 saturated heterocycles. The van der Waals surface area contributed by atoms with Crippen LogP contribution < -0.4 is 16.2 Å². The highest BCUT2D eigenvalue weighted by Gasteiger charge is 2.36. The third-order valence-corrected chi connectivity index (χ3v) is 6.24. The zero-order chi connectivity index (χ0) is 25.8. The lowest BCUT2D eigenvalue weighted by atomic mass is 9.82. The Morgan fingerprint density at radius 1 is 1.03 bits per heavy atom. The first-order valence-corrected chi connectivity index (χ1v) is 12.7. The minimum atomic E-state index is -0.780. The van der Waals surface area contributed by atoms with Crippen LogP contribution in [0.4, 0.5) is 0 Å². The van der Waals surface area contributed by atoms with E-state index in [2.05, 4.69) is 10.7 Å². The van der Waals surface area contributed by atoms with E-state index in [1.54, 1.807) is 5.48 Å². The molecule has 0 aromatic heterocycles. The van der Waals surface area contributed by atoms with Gasteiger partial charge in [0.05, 0.1) is 11.8 Å². The average Bonchev–Trinajstić information content (AvgIpc) is 2.85. The van der Waals surface area contributed by atoms with Crippen molar-refractivity contribution in [1.29, 1.82) is 0 Å². The minimum absolute atomic E-state index is 0.0796. The number of piperidine rings is 1. The number of hydroxylamine groups is 1. The molecule has 2 rings (SSSR count). The number of benzene rings is 1. The van der Waals surface area contributed by atoms with Crippen LogP contribution in [0.25, 0.3) is 6.08 Å². The number of nitrogens with zero attached hydrogens (tertiary/aromatic N) is 1. The summed E-state index contributed by atoms with van der Waals surface area (Å²) in [5.41, 5.74) is 5.58. The average molecular weight is 487 g/mol. The monoisotopic (exact) mass is 486 g/mol. The zero-order valence-corrected chi connectivity index (χ0v) is 21.5. The van der Waals surface area contributed by atoms with Gasteiger partial charge in [-0.15, -0.1) is 0 Å². The molecule has 0 bridgehead atoms. The normalized spacial score (nSPS) is 16.3. The quantitative estimate of drug-likeness (QED) is 0.283. The Labute approximate surface area is 209 Å². The summed E-state index contributed by atoms with van der Waals surface area (Å²) in [6.07, 6.45) is 5.94. The van der Waals surface area contributed by atoms with E-state index in [0.29, 0.717) is 13.0 Å². The minimum Gasteiger partial charge on any atom is -0.317 e. The molecule has 1 heterocycles. The summed E-state index contributed by atoms with van der Waals surface area (Å²) in [6.45, 7) is 9.92. The second kappa shape index (κ2) is 14.6. The summed E-state index contributed by atoms with van der Waals surface area (Å²) in [5.74, 6) is -2.39. The molecule has 1 aromatic carbocycles. The van der Waals surface area contributed by atoms with Crippen LogP contribution in [0.1, 0.15) is 58.9 Å². The number of hydrogen-bond donors (Lipinski definition) is 4. The molecule has 1 fully saturated rings. The van der Waals surface area contributed by atoms with Gasteiger partial charge < -0.3 is 5.32 Å². The number of nitrogens with one attached hydrogen (secondary N) is 3. The molecule has 8 heteroatoms. The first-order chi connectivity index (χ1) is 16.7. The number of hydrogen-bond acceptors (Lipinski definition) is 5. The van der Waals surface area contributed by atoms with Crippen molar-refractivity contribution in [1.82, 2.24) is 21.2 Å². The lowest BCUT2D eigenvalue weighted by molar-refractivity contribution is -0.150. The Morgan fingerprint density at radius 2 is 1.69 bits per heavy atom. The van der Waals surface area contributed by atoms with Gasteiger partial charge in [0.2, 0.25) is 17.7 Å². The maximum atomic E-state index is 13.5. The fourth-order valence-corrected chi connectivity index (χ4v) is 4.47. The molecule has 0 unspecified atom stereocenters. The predicted molar refractivity (Wildman–Crippen MR) is 137 cm³/mol. The van der Waals surface area contributed by atoms with Crippen molar-refractivity contribution in [3.05, 3.63) is 42.0 Å². The fourth-order valence-electron chi connectivity index (χ4n) is 4.47. The van der Waals surface area contributed by atoms with Crippen LogP contribution in [0.15, 0.2) is 36.4 Å². The number of hydrazine groups is 1. The highest BCUT2D eigenvalue weighted by Crippen LogP contribution is 2.26. The van der Waals surface area contributed by atoms with Crippen LogP contribution in [0.2, 0.25) is 0 Å². The van der Waals surface area contributed by atoms with Crippen LogP contribution in [-0.4, -0.2) is 47.6 Å². The van der Waals surface area contributed by atoms with Crippen molar-refractivity contribution >= 4 is 23.8 Å². The van der Waals surface area contributed by atoms with Crippen LogP contribution in [0.5, 0.6) is 0 Å². The summed E-state index contributed by atoms with van der Waals surface area (Å²) in [6, 6.07) is 9.68. The van der Waals surface area contributed by atoms with Crippen molar-refractivity contribution in [2.75, 3.05) is 19.6 Å². The molecule has 194 valence electrons. The summed E-state index contributed by atoms with van der Waals surface area (Å²) in [5, 5.41) is 14.1. The molecule has 0 aliphatic carbocycles. The van der Waals surface area contributed by atoms with Gasteiger partial charge in [0.1, 0.15) is 0 Å². The van der Waals surface area contributed by atoms with Crippen LogP contribution in [0, 0.1) is 29.6 Å². The van der Waals surface area contributed by atoms with Crippen molar-refractivity contribution in [3.8, 4) is 0 Å². The van der Waals surface area contributed by atoms with E-state index in [-0.39, 0.29) is 36.0 Å². The molecule has 2 atom stereocenters. The van der Waals surface area contributed by atoms with E-state index >= 15 is 0 Å². The van der Waals surface area contributed by atoms with Gasteiger partial charge in [-0.25, -0.2) is 5.48 Å². The molecule has 3 amide bonds. The van der Waals surface area contributed by atoms with Crippen molar-refractivity contribution in [3.63, 3.8) is 0 Å². The number of rotatable bonds is 11. The van der Waals surface area contributed by atoms with Gasteiger partial charge in [-0.2, -0.15) is 0 Å². The number of amides is 3. The summed E-state index contributed by atoms with van der Waals surface area (Å²) in [4.78, 5) is 39.5. The number of carbonyl (C=O) groups is 3. The van der Waals surface area contributed by atoms with E-state index in [1.165, 1.54) is 5.01 Å². The molecule has 4 N–H and O–H groups in total. The van der Waals surface area contributed by atoms with Gasteiger partial charge in [-0.1, -0.05) is 70.2 Å². The van der Waals surface area contributed by atoms with E-state index < -0.39 is 17.7 Å². The van der Waals surface area contributed by atoms with Gasteiger partial charge in [0.25, 0.3) is 0 Å². The molecule has 1 aliphatic rings. The number of allylic oxidation sites excluding steroid dienone is 1. The molecule has 35 heavy (non-hydrogen) atoms. The third kappa shape index (κ3) is 9.45. The van der Waals surface area contributed by atoms with Gasteiger partial charge in [0, 0.05) is 12.5 Å². The first kappa shape index (κ1) is 28.5. The van der Waals surface area contributed by atoms with E-state index in [9.17, 15) is 19.6 Å². The van der Waals surface area contributed by atoms with Crippen molar-refractivity contribution in [2.45, 2.75) is 53.4 Å². The van der Waals surface area contributed by atoms with Crippen LogP contribution in [0.3, 0.4) is 0 Å². The standard InChI is InChI=1S/C27H42N4O4/c1-19(2)17-24(23(26(33)30-35)12-8-11-21-9-6-5-7-10-21)25(32)29-31(18-20(3)4)27(34)22-13-15-28-16-14-22/h5-11,19-20,22-24,28,35H,12-18H2,1-4H3,(H,29,32)(H,30,33)/t23-,24+/m0/s1. The highest BCUT2D eigenvalue weighted by molar-refractivity contribution is 5.89. The van der Waals surface area contributed by atoms with Gasteiger partial charge >= 0.3 is 0 Å². The molecule has 0 saturated carbocycles. The fraction of sp³-hybridized carbons (Fsp3) is 0.593. The zero-order valence-electron chi connectivity index (χ0n) is 21.5. The van der Waals surface area contributed by atoms with Gasteiger partial charge in [-0.3, -0.25) is 30.0 Å². The lowest BCUT2D eigenvalue weighted by Crippen LogP contribution is -2.54. The summed E-state index contributed by atoms with van der Waals surface area (Å²) < 4.78 is 0. The van der Waals surface area contributed by atoms with E-state index in [1.807, 2.05) is 70.2 Å². The SMILES string of the molecule is CC(C)C[C@@H](C(=O)NN(CC(C)C)C(=O)C1CCNCC1)[C@H](CC=Cc1ccccc1)C(=O)NO. The molecule has 1 aliphatic heterocycles. The maximum Gasteiger partial charge on any atom is 0.247 e. The molecular weight excluding hydrogens is 444 g/mol. The van der Waals surface area contributed by atoms with Crippen molar-refractivity contribution in [2.24, 2.45) is 29.6 Å². The molecule has 1 aromatic rings. The second-order valence-electron chi connectivity index (χ2n) is 10.2. The molecule has 0 spiro atoms. The molecule has 0 radical (unpaired) electrons. The van der Waals surface area contributed by atoms with E-state index in [0.717, 1.165) is 31.5 Å². The van der Waals surface area contributed by atoms with E-state index in [4.69, 9.17) is 0 Å². The summed E-state index contributed by atoms with van der Waals surface area (Å²) in [7, 11) is 0. The highest BCUT2D eigenvalue weighted by atomic mass is 16.5. The largest absolute Gasteiger partial charge is 0.317 e. The Kier molecular flexibility index (Phi) is 11.9. The Bertz CT molecular complexity index is 835. The van der Waals surface area contributed by atoms with Crippen molar-refractivity contribution < 1.29 is 19.6 Å². The molecule has 8 nitrogen and oxygen atoms in total. The maximum absolute atomic E-state index is 13.5. The lowest BCUT2D eigenvalue weighted by Gasteiger charge is -2.33. The Balaban J connectivity index is 2.23. The van der Waals surface area contributed by atoms with Crippen LogP contribution in [-0.2, 0) is 14.4 Å². The predicted octanol–water partition coefficient (Wildman–Crippen LogP) is 3.39. The Hall–Kier alpha value is -2.71. The smallest absolute Gasteiger partial charge is 0.247 e. The van der Waals surface area contributed by atoms with Gasteiger partial charge in [-0.05, 0) is 56.2 Å². The van der Waals surface area contributed by atoms with Crippen LogP contribution >= 0.6 is 0 Å². The molecular formula is C27H42N4O4. The summed E-state index contributed by atoms with van der Waals surface area (Å²) >= 11 is 0. The Morgan fingerprint density at radius 3 is 2.26 bits per heavy atom. The number of carbonyl (C=O) groups excluding carboxylic acids is 3. The first-order valence-electron chi connectivity index (χ1n) is 12.7. The van der Waals surface area contributed by atoms with Gasteiger partial charge in [0.15, 0.2) is 0 Å². The topological polar surface area (TPSA) is 111 Å².